The lowest BCUT2D eigenvalue weighted by Gasteiger charge is -2.16. The van der Waals surface area contributed by atoms with Gasteiger partial charge in [0, 0.05) is 13.0 Å². The van der Waals surface area contributed by atoms with Crippen molar-refractivity contribution in [2.45, 2.75) is 33.1 Å². The van der Waals surface area contributed by atoms with Crippen molar-refractivity contribution in [1.29, 1.82) is 0 Å². The summed E-state index contributed by atoms with van der Waals surface area (Å²) in [4.78, 5) is 11.6. The number of nitrogens with one attached hydrogen (secondary N) is 1. The van der Waals surface area contributed by atoms with Gasteiger partial charge in [-0.25, -0.2) is 0 Å². The van der Waals surface area contributed by atoms with Gasteiger partial charge in [-0.05, 0) is 31.2 Å². The minimum Gasteiger partial charge on any atom is -0.502 e. The fourth-order valence-corrected chi connectivity index (χ4v) is 1.73. The highest BCUT2D eigenvalue weighted by atomic mass is 16.5. The molecule has 0 aromatic rings. The Bertz CT molecular complexity index is 217. The summed E-state index contributed by atoms with van der Waals surface area (Å²) in [6.45, 7) is 9.55. The van der Waals surface area contributed by atoms with Gasteiger partial charge in [-0.2, -0.15) is 0 Å². The molecule has 0 aliphatic heterocycles. The number of amides is 1. The van der Waals surface area contributed by atoms with Crippen molar-refractivity contribution >= 4 is 5.91 Å². The molecule has 0 bridgehead atoms. The molecule has 1 atom stereocenters. The molecule has 0 aromatic carbocycles. The van der Waals surface area contributed by atoms with Crippen LogP contribution in [0.2, 0.25) is 0 Å². The third kappa shape index (κ3) is 9.87. The van der Waals surface area contributed by atoms with Gasteiger partial charge >= 0.3 is 0 Å². The van der Waals surface area contributed by atoms with Crippen molar-refractivity contribution in [3.8, 4) is 0 Å². The van der Waals surface area contributed by atoms with Crippen LogP contribution in [0.5, 0.6) is 0 Å². The maximum Gasteiger partial charge on any atom is 0.220 e. The maximum absolute atomic E-state index is 11.6. The predicted octanol–water partition coefficient (Wildman–Crippen LogP) is 1.66. The van der Waals surface area contributed by atoms with E-state index >= 15 is 0 Å². The second-order valence-corrected chi connectivity index (χ2v) is 4.68. The zero-order valence-corrected chi connectivity index (χ0v) is 11.1. The highest BCUT2D eigenvalue weighted by Gasteiger charge is 2.13. The van der Waals surface area contributed by atoms with Crippen LogP contribution in [0.25, 0.3) is 0 Å². The van der Waals surface area contributed by atoms with Crippen LogP contribution < -0.4 is 11.1 Å². The van der Waals surface area contributed by atoms with E-state index in [9.17, 15) is 4.79 Å². The summed E-state index contributed by atoms with van der Waals surface area (Å²) in [5.41, 5.74) is 5.65. The first kappa shape index (κ1) is 16.0. The SMILES string of the molecule is C=COCCCNC(=O)C[C@@H](CN)CC(C)C. The third-order valence-corrected chi connectivity index (χ3v) is 2.49. The van der Waals surface area contributed by atoms with Crippen LogP contribution in [0.3, 0.4) is 0 Å². The molecule has 0 saturated heterocycles. The zero-order valence-electron chi connectivity index (χ0n) is 11.1. The van der Waals surface area contributed by atoms with E-state index in [1.165, 1.54) is 6.26 Å². The van der Waals surface area contributed by atoms with E-state index in [2.05, 4.69) is 25.7 Å². The molecule has 3 N–H and O–H groups in total. The van der Waals surface area contributed by atoms with Gasteiger partial charge in [0.2, 0.25) is 5.91 Å². The Hall–Kier alpha value is -1.03. The third-order valence-electron chi connectivity index (χ3n) is 2.49. The summed E-state index contributed by atoms with van der Waals surface area (Å²) in [7, 11) is 0. The van der Waals surface area contributed by atoms with Crippen molar-refractivity contribution in [3.63, 3.8) is 0 Å². The lowest BCUT2D eigenvalue weighted by atomic mass is 9.94. The number of nitrogens with two attached hydrogens (primary N) is 1. The molecule has 0 saturated carbocycles. The Morgan fingerprint density at radius 2 is 2.24 bits per heavy atom. The summed E-state index contributed by atoms with van der Waals surface area (Å²) in [5, 5.41) is 2.87. The topological polar surface area (TPSA) is 64.3 Å². The quantitative estimate of drug-likeness (QED) is 0.452. The molecule has 0 unspecified atom stereocenters. The van der Waals surface area contributed by atoms with Crippen LogP contribution in [0.15, 0.2) is 12.8 Å². The van der Waals surface area contributed by atoms with Crippen LogP contribution in [0, 0.1) is 11.8 Å². The van der Waals surface area contributed by atoms with Crippen molar-refractivity contribution in [2.24, 2.45) is 17.6 Å². The number of rotatable bonds is 10. The van der Waals surface area contributed by atoms with E-state index in [0.29, 0.717) is 38.0 Å². The molecule has 0 rings (SSSR count). The Labute approximate surface area is 105 Å². The molecular weight excluding hydrogens is 216 g/mol. The molecule has 0 radical (unpaired) electrons. The minimum absolute atomic E-state index is 0.0831. The molecule has 0 heterocycles. The number of hydrogen-bond acceptors (Lipinski definition) is 3. The standard InChI is InChI=1S/C13H26N2O2/c1-4-17-7-5-6-15-13(16)9-12(10-14)8-11(2)3/h4,11-12H,1,5-10,14H2,2-3H3,(H,15,16)/t12-/m0/s1. The van der Waals surface area contributed by atoms with Gasteiger partial charge in [-0.15, -0.1) is 0 Å². The smallest absolute Gasteiger partial charge is 0.220 e. The molecule has 0 spiro atoms. The van der Waals surface area contributed by atoms with Gasteiger partial charge in [0.25, 0.3) is 0 Å². The first-order chi connectivity index (χ1) is 8.10. The number of carbonyl (C=O) groups is 1. The van der Waals surface area contributed by atoms with E-state index < -0.39 is 0 Å². The van der Waals surface area contributed by atoms with Crippen molar-refractivity contribution in [1.82, 2.24) is 5.32 Å². The number of ether oxygens (including phenoxy) is 1. The van der Waals surface area contributed by atoms with Gasteiger partial charge in [-0.3, -0.25) is 4.79 Å². The molecular formula is C13H26N2O2. The van der Waals surface area contributed by atoms with E-state index in [0.717, 1.165) is 12.8 Å². The summed E-state index contributed by atoms with van der Waals surface area (Å²) < 4.78 is 4.96. The molecule has 0 aromatic heterocycles. The Morgan fingerprint density at radius 3 is 2.76 bits per heavy atom. The van der Waals surface area contributed by atoms with Gasteiger partial charge in [0.15, 0.2) is 0 Å². The molecule has 100 valence electrons. The zero-order chi connectivity index (χ0) is 13.1. The first-order valence-corrected chi connectivity index (χ1v) is 6.29. The van der Waals surface area contributed by atoms with Crippen LogP contribution in [0.4, 0.5) is 0 Å². The van der Waals surface area contributed by atoms with Crippen molar-refractivity contribution in [2.75, 3.05) is 19.7 Å². The summed E-state index contributed by atoms with van der Waals surface area (Å²) in [5.74, 6) is 0.955. The van der Waals surface area contributed by atoms with E-state index in [4.69, 9.17) is 10.5 Å². The minimum atomic E-state index is 0.0831. The molecule has 0 aliphatic carbocycles. The Morgan fingerprint density at radius 1 is 1.53 bits per heavy atom. The van der Waals surface area contributed by atoms with Gasteiger partial charge in [-0.1, -0.05) is 20.4 Å². The maximum atomic E-state index is 11.6. The Kier molecular flexibility index (Phi) is 9.53. The summed E-state index contributed by atoms with van der Waals surface area (Å²) in [6, 6.07) is 0. The van der Waals surface area contributed by atoms with Crippen molar-refractivity contribution in [3.05, 3.63) is 12.8 Å². The fraction of sp³-hybridized carbons (Fsp3) is 0.769. The molecule has 0 fully saturated rings. The van der Waals surface area contributed by atoms with Gasteiger partial charge in [0.05, 0.1) is 12.9 Å². The molecule has 0 aliphatic rings. The predicted molar refractivity (Wildman–Crippen MR) is 70.4 cm³/mol. The highest BCUT2D eigenvalue weighted by Crippen LogP contribution is 2.13. The average Bonchev–Trinajstić information content (AvgIpc) is 2.27. The molecule has 4 nitrogen and oxygen atoms in total. The monoisotopic (exact) mass is 242 g/mol. The highest BCUT2D eigenvalue weighted by molar-refractivity contribution is 5.76. The largest absolute Gasteiger partial charge is 0.502 e. The van der Waals surface area contributed by atoms with Gasteiger partial charge < -0.3 is 15.8 Å². The lowest BCUT2D eigenvalue weighted by Crippen LogP contribution is -2.29. The van der Waals surface area contributed by atoms with E-state index in [-0.39, 0.29) is 5.91 Å². The van der Waals surface area contributed by atoms with Crippen LogP contribution in [-0.4, -0.2) is 25.6 Å². The van der Waals surface area contributed by atoms with E-state index in [1.54, 1.807) is 0 Å². The van der Waals surface area contributed by atoms with Crippen LogP contribution in [-0.2, 0) is 9.53 Å². The molecule has 1 amide bonds. The summed E-state index contributed by atoms with van der Waals surface area (Å²) >= 11 is 0. The lowest BCUT2D eigenvalue weighted by molar-refractivity contribution is -0.122. The number of hydrogen-bond donors (Lipinski definition) is 2. The van der Waals surface area contributed by atoms with Crippen LogP contribution in [0.1, 0.15) is 33.1 Å². The molecule has 4 heteroatoms. The van der Waals surface area contributed by atoms with Gasteiger partial charge in [0.1, 0.15) is 0 Å². The number of carbonyl (C=O) groups excluding carboxylic acids is 1. The average molecular weight is 242 g/mol. The van der Waals surface area contributed by atoms with E-state index in [1.807, 2.05) is 0 Å². The fourth-order valence-electron chi connectivity index (χ4n) is 1.73. The normalized spacial score (nSPS) is 12.2. The van der Waals surface area contributed by atoms with Crippen molar-refractivity contribution < 1.29 is 9.53 Å². The second kappa shape index (κ2) is 10.1. The van der Waals surface area contributed by atoms with Crippen LogP contribution >= 0.6 is 0 Å². The summed E-state index contributed by atoms with van der Waals surface area (Å²) in [6.07, 6.45) is 3.74. The first-order valence-electron chi connectivity index (χ1n) is 6.29. The second-order valence-electron chi connectivity index (χ2n) is 4.68. The molecule has 17 heavy (non-hydrogen) atoms. The Balaban J connectivity index is 3.64.